The number of fused-ring (bicyclic) bond motifs is 3. The molecule has 7 aromatic rings. The number of aromatic amines is 4. The zero-order valence-electron chi connectivity index (χ0n) is 78.6. The van der Waals surface area contributed by atoms with Crippen LogP contribution < -0.4 is 81.0 Å². The van der Waals surface area contributed by atoms with Crippen LogP contribution in [0.3, 0.4) is 0 Å². The number of guanidine groups is 1. The SMILES string of the molecule is CCCCC1C(=O)N(C)C(CCCC)C(=O)NC(CC(C)C)C(=O)NC(C(=O)NCC(N)=O)CSC(C=O)CNC(Cc2ccccc2)C(=O)N(C)C(C)C(=O)NC(CC(N)=O)C(=O)N2CCCC2C(=O)NC(Cc2cnc[nH]2)C(=O)NC(Cc2cnc[nH]2)C(=O)NC(CO)CNC(Cc2c[nH]c3ccccc23)C(=O)NC(CCCNC(=N)N)C(=O)NC(Cc2c[nH]c3ccccc23)C(=O)N1C. The Morgan fingerprint density at radius 1 is 0.540 bits per heavy atom. The zero-order valence-corrected chi connectivity index (χ0v) is 79.4. The molecule has 137 heavy (non-hydrogen) atoms. The van der Waals surface area contributed by atoms with E-state index in [1.54, 1.807) is 68.7 Å². The Balaban J connectivity index is 1.11. The molecule has 2 aliphatic heterocycles. The summed E-state index contributed by atoms with van der Waals surface area (Å²) in [5.41, 5.74) is 20.9. The van der Waals surface area contributed by atoms with Gasteiger partial charge in [0.2, 0.25) is 88.6 Å². The fourth-order valence-corrected chi connectivity index (χ4v) is 17.6. The molecule has 0 aliphatic carbocycles. The highest BCUT2D eigenvalue weighted by atomic mass is 32.2. The maximum Gasteiger partial charge on any atom is 0.246 e. The Morgan fingerprint density at radius 2 is 1.07 bits per heavy atom. The lowest BCUT2D eigenvalue weighted by Crippen LogP contribution is -2.61. The number of rotatable bonds is 29. The van der Waals surface area contributed by atoms with Gasteiger partial charge in [0.1, 0.15) is 72.7 Å². The molecule has 44 heteroatoms. The normalized spacial score (nSPS) is 24.1. The third-order valence-corrected chi connectivity index (χ3v) is 25.6. The van der Waals surface area contributed by atoms with Gasteiger partial charge in [0.25, 0.3) is 0 Å². The second-order valence-corrected chi connectivity index (χ2v) is 36.4. The number of unbranched alkanes of at least 4 members (excludes halogenated alkanes) is 2. The maximum atomic E-state index is 16.0. The van der Waals surface area contributed by atoms with Crippen molar-refractivity contribution >= 4 is 134 Å². The number of aromatic nitrogens is 6. The Kier molecular flexibility index (Phi) is 41.4. The lowest BCUT2D eigenvalue weighted by Gasteiger charge is -2.36. The quantitative estimate of drug-likeness (QED) is 0.0108. The number of hydrogen-bond acceptors (Lipinski definition) is 23. The number of thioether (sulfide) groups is 1. The number of aliphatic hydroxyl groups is 1. The molecule has 4 aromatic heterocycles. The predicted octanol–water partition coefficient (Wildman–Crippen LogP) is -1.63. The van der Waals surface area contributed by atoms with Gasteiger partial charge in [-0.1, -0.05) is 120 Å². The molecule has 15 amide bonds. The number of amides is 15. The third kappa shape index (κ3) is 31.5. The molecule has 0 bridgehead atoms. The molecule has 0 saturated carbocycles. The van der Waals surface area contributed by atoms with E-state index in [2.05, 4.69) is 93.7 Å². The van der Waals surface area contributed by atoms with Crippen molar-refractivity contribution in [3.05, 3.63) is 144 Å². The third-order valence-electron chi connectivity index (χ3n) is 24.4. The number of aldehydes is 1. The van der Waals surface area contributed by atoms with E-state index < -0.39 is 198 Å². The number of primary amides is 2. The number of carbonyl (C=O) groups is 16. The number of likely N-dealkylation sites (N-methyl/N-ethyl adjacent to an activating group) is 3. The van der Waals surface area contributed by atoms with Gasteiger partial charge in [0.05, 0.1) is 55.6 Å². The standard InChI is InChI=1S/C93H132N26O17S/c1-9-11-29-75-87(131)111-68(34-53(3)4)85(129)115-74(81(125)105-47-79(95)123)50-137-61(49-121)46-104-71(35-55-22-14-13-15-23-55)89(133)116(6)54(5)80(124)113-73(40-78(94)122)91(135)119-33-21-31-76(119)88(132)112-70(39-59-44-99-52-107-59)86(130)110-69(38-58-43-98-51-106-58)84(128)108-60(48-120)45-103-67(36-56-41-101-64-26-18-16-24-62(56)64)83(127)109-66(28-20-32-100-93(96)97)82(126)114-72(37-57-42-102-65-27-19-17-25-63(57)65)90(134)118(8)77(30-12-10-2)92(136)117(75)7/h13-19,22-27,41-44,49,51-54,60-61,66-77,101-104,120H,9-12,20-21,28-40,45-48,50H2,1-8H3,(H2,94,122)(H2,95,123)(H,98,106)(H,99,107)(H,105,125)(H,108,128)(H,109,127)(H,110,130)(H,111,131)(H,112,132)(H,113,124)(H,114,126)(H,115,129)(H4,96,97,100). The number of carbonyl (C=O) groups excluding carboxylic acids is 16. The molecule has 9 rings (SSSR count). The van der Waals surface area contributed by atoms with Crippen molar-refractivity contribution in [1.29, 1.82) is 5.41 Å². The lowest BCUT2D eigenvalue weighted by molar-refractivity contribution is -0.149. The minimum Gasteiger partial charge on any atom is -0.394 e. The molecule has 0 radical (unpaired) electrons. The minimum absolute atomic E-state index is 0.0149. The van der Waals surface area contributed by atoms with Crippen molar-refractivity contribution in [3.63, 3.8) is 0 Å². The predicted molar refractivity (Wildman–Crippen MR) is 511 cm³/mol. The highest BCUT2D eigenvalue weighted by Crippen LogP contribution is 2.27. The smallest absolute Gasteiger partial charge is 0.246 e. The van der Waals surface area contributed by atoms with Crippen molar-refractivity contribution in [1.82, 2.24) is 113 Å². The van der Waals surface area contributed by atoms with Gasteiger partial charge in [0, 0.05) is 130 Å². The zero-order chi connectivity index (χ0) is 99.5. The van der Waals surface area contributed by atoms with Crippen LogP contribution in [-0.2, 0) is 109 Å². The van der Waals surface area contributed by atoms with Gasteiger partial charge >= 0.3 is 0 Å². The molecule has 2 aliphatic rings. The summed E-state index contributed by atoms with van der Waals surface area (Å²) >= 11 is 0.874. The summed E-state index contributed by atoms with van der Waals surface area (Å²) in [5.74, 6) is -13.9. The molecule has 6 heterocycles. The van der Waals surface area contributed by atoms with E-state index in [0.29, 0.717) is 76.5 Å². The number of nitrogens with one attached hydrogen (secondary N) is 17. The van der Waals surface area contributed by atoms with Crippen LogP contribution in [0.2, 0.25) is 0 Å². The van der Waals surface area contributed by atoms with Crippen LogP contribution >= 0.6 is 11.8 Å². The van der Waals surface area contributed by atoms with Crippen molar-refractivity contribution < 1.29 is 81.8 Å². The Morgan fingerprint density at radius 3 is 1.64 bits per heavy atom. The van der Waals surface area contributed by atoms with Crippen LogP contribution in [0.5, 0.6) is 0 Å². The summed E-state index contributed by atoms with van der Waals surface area (Å²) in [6.45, 7) is 6.55. The number of benzene rings is 3. The van der Waals surface area contributed by atoms with E-state index in [-0.39, 0.29) is 121 Å². The van der Waals surface area contributed by atoms with Gasteiger partial charge in [-0.3, -0.25) is 77.3 Å². The van der Waals surface area contributed by atoms with Gasteiger partial charge in [-0.05, 0) is 99.5 Å². The van der Waals surface area contributed by atoms with Gasteiger partial charge < -0.3 is 130 Å². The summed E-state index contributed by atoms with van der Waals surface area (Å²) < 4.78 is 0. The van der Waals surface area contributed by atoms with Crippen molar-refractivity contribution in [2.45, 2.75) is 234 Å². The Labute approximate surface area is 798 Å². The number of imidazole rings is 2. The van der Waals surface area contributed by atoms with Gasteiger partial charge in [-0.15, -0.1) is 11.8 Å². The van der Waals surface area contributed by atoms with Crippen molar-refractivity contribution in [2.75, 3.05) is 66.2 Å². The first-order chi connectivity index (χ1) is 65.6. The van der Waals surface area contributed by atoms with Crippen LogP contribution in [0.4, 0.5) is 0 Å². The highest BCUT2D eigenvalue weighted by molar-refractivity contribution is 8.00. The molecule has 2 saturated heterocycles. The molecule has 15 atom stereocenters. The molecule has 2 fully saturated rings. The van der Waals surface area contributed by atoms with Gasteiger partial charge in [-0.2, -0.15) is 0 Å². The molecule has 15 unspecified atom stereocenters. The first kappa shape index (κ1) is 107. The van der Waals surface area contributed by atoms with E-state index in [1.807, 2.05) is 50.2 Å². The fourth-order valence-electron chi connectivity index (χ4n) is 16.6. The molecule has 43 nitrogen and oxygen atoms in total. The van der Waals surface area contributed by atoms with Crippen LogP contribution in [0, 0.1) is 11.3 Å². The topological polar surface area (TPSA) is 642 Å². The average molecular weight is 1920 g/mol. The molecule has 24 N–H and O–H groups in total. The van der Waals surface area contributed by atoms with E-state index in [9.17, 15) is 48.3 Å². The average Bonchev–Trinajstić information content (AvgIpc) is 1.53. The van der Waals surface area contributed by atoms with E-state index in [0.717, 1.165) is 26.9 Å². The molecular formula is C93H132N26O17S. The molecule has 742 valence electrons. The molecule has 0 spiro atoms. The Bertz CT molecular complexity index is 5270. The van der Waals surface area contributed by atoms with Crippen LogP contribution in [0.25, 0.3) is 21.8 Å². The van der Waals surface area contributed by atoms with Crippen LogP contribution in [0.15, 0.2) is 116 Å². The van der Waals surface area contributed by atoms with Crippen LogP contribution in [0.1, 0.15) is 140 Å². The number of hydrogen-bond donors (Lipinski definition) is 21. The van der Waals surface area contributed by atoms with E-state index >= 15 is 33.6 Å². The maximum absolute atomic E-state index is 16.0. The number of H-pyrrole nitrogens is 4. The summed E-state index contributed by atoms with van der Waals surface area (Å²) in [4.78, 5) is 261. The summed E-state index contributed by atoms with van der Waals surface area (Å²) in [7, 11) is 4.14. The molecule has 3 aromatic carbocycles. The first-order valence-corrected chi connectivity index (χ1v) is 47.3. The lowest BCUT2D eigenvalue weighted by atomic mass is 9.99. The number of nitrogens with zero attached hydrogens (tertiary/aromatic N) is 6. The molecular weight excluding hydrogens is 1790 g/mol. The monoisotopic (exact) mass is 1920 g/mol. The van der Waals surface area contributed by atoms with Gasteiger partial charge in [0.15, 0.2) is 5.96 Å². The fraction of sp³-hybridized carbons (Fsp3) is 0.516. The Hall–Kier alpha value is -13.6. The highest BCUT2D eigenvalue weighted by Gasteiger charge is 2.44. The second kappa shape index (κ2) is 53.0. The van der Waals surface area contributed by atoms with Crippen LogP contribution in [-0.4, -0.2) is 312 Å². The second-order valence-electron chi connectivity index (χ2n) is 35.1. The largest absolute Gasteiger partial charge is 0.394 e. The van der Waals surface area contributed by atoms with E-state index in [4.69, 9.17) is 22.6 Å². The number of para-hydroxylation sites is 2. The summed E-state index contributed by atoms with van der Waals surface area (Å²) in [6, 6.07) is 3.37. The number of aliphatic hydroxyl groups excluding tert-OH is 1. The van der Waals surface area contributed by atoms with Crippen molar-refractivity contribution in [2.24, 2.45) is 23.1 Å². The van der Waals surface area contributed by atoms with E-state index in [1.165, 1.54) is 62.9 Å². The minimum atomic E-state index is -1.73. The summed E-state index contributed by atoms with van der Waals surface area (Å²) in [5, 5.41) is 53.3. The number of nitrogens with two attached hydrogens (primary N) is 3. The van der Waals surface area contributed by atoms with Gasteiger partial charge in [-0.25, -0.2) is 9.97 Å². The first-order valence-electron chi connectivity index (χ1n) is 46.3. The summed E-state index contributed by atoms with van der Waals surface area (Å²) in [6.07, 6.45) is 9.88. The van der Waals surface area contributed by atoms with Crippen molar-refractivity contribution in [3.8, 4) is 0 Å².